The van der Waals surface area contributed by atoms with Crippen molar-refractivity contribution in [1.29, 1.82) is 0 Å². The van der Waals surface area contributed by atoms with E-state index < -0.39 is 0 Å². The first-order valence-electron chi connectivity index (χ1n) is 12.8. The van der Waals surface area contributed by atoms with Crippen LogP contribution in [-0.2, 0) is 9.53 Å². The van der Waals surface area contributed by atoms with Gasteiger partial charge in [0.15, 0.2) is 0 Å². The van der Waals surface area contributed by atoms with Crippen LogP contribution in [-0.4, -0.2) is 12.1 Å². The number of carbonyl (C=O) groups is 1. The molecule has 0 radical (unpaired) electrons. The van der Waals surface area contributed by atoms with Crippen molar-refractivity contribution in [2.24, 2.45) is 38.9 Å². The lowest BCUT2D eigenvalue weighted by molar-refractivity contribution is -0.177. The van der Waals surface area contributed by atoms with E-state index in [4.69, 9.17) is 4.74 Å². The number of fused-ring (bicyclic) bond motifs is 2. The van der Waals surface area contributed by atoms with E-state index in [2.05, 4.69) is 41.5 Å². The Morgan fingerprint density at radius 3 is 2.27 bits per heavy atom. The minimum absolute atomic E-state index is 0.0965. The molecule has 0 N–H and O–H groups in total. The molecule has 0 aromatic rings. The highest BCUT2D eigenvalue weighted by atomic mass is 16.5. The first kappa shape index (κ1) is 21.1. The Balaban J connectivity index is 1.50. The molecule has 0 aromatic heterocycles. The topological polar surface area (TPSA) is 26.3 Å². The maximum absolute atomic E-state index is 11.8. The second-order valence-corrected chi connectivity index (χ2v) is 13.0. The van der Waals surface area contributed by atoms with Gasteiger partial charge in [0.1, 0.15) is 6.10 Å². The van der Waals surface area contributed by atoms with Gasteiger partial charge < -0.3 is 4.74 Å². The van der Waals surface area contributed by atoms with E-state index >= 15 is 0 Å². The molecule has 2 nitrogen and oxygen atoms in total. The molecular weight excluding hydrogens is 368 g/mol. The van der Waals surface area contributed by atoms with Crippen LogP contribution >= 0.6 is 0 Å². The Kier molecular flexibility index (Phi) is 4.33. The molecule has 5 fully saturated rings. The maximum atomic E-state index is 11.8. The summed E-state index contributed by atoms with van der Waals surface area (Å²) in [7, 11) is 0. The molecule has 30 heavy (non-hydrogen) atoms. The second kappa shape index (κ2) is 6.16. The van der Waals surface area contributed by atoms with Gasteiger partial charge in [0.2, 0.25) is 0 Å². The fourth-order valence-corrected chi connectivity index (χ4v) is 10.4. The Hall–Kier alpha value is -0.790. The van der Waals surface area contributed by atoms with Crippen LogP contribution in [0.3, 0.4) is 0 Å². The number of rotatable bonds is 2. The summed E-state index contributed by atoms with van der Waals surface area (Å²) in [6.07, 6.45) is 13.5. The van der Waals surface area contributed by atoms with Crippen LogP contribution in [0.4, 0.5) is 0 Å². The summed E-state index contributed by atoms with van der Waals surface area (Å²) >= 11 is 0. The van der Waals surface area contributed by atoms with E-state index in [-0.39, 0.29) is 17.5 Å². The van der Waals surface area contributed by atoms with Gasteiger partial charge in [0.05, 0.1) is 0 Å². The zero-order chi connectivity index (χ0) is 21.7. The minimum atomic E-state index is -0.0965. The van der Waals surface area contributed by atoms with Gasteiger partial charge in [-0.1, -0.05) is 45.8 Å². The van der Waals surface area contributed by atoms with Crippen molar-refractivity contribution in [1.82, 2.24) is 0 Å². The molecule has 0 aromatic carbocycles. The highest BCUT2D eigenvalue weighted by Gasteiger charge is 2.82. The SMILES string of the molecule is CC/C(C)=C1\CC[C@@]2(C)[C@@H]3CC[C@H]4C(C)(C)[C@@H](OC(C)=O)CC[C@@]45C[C@@]35CC[C@]12C. The molecule has 0 heterocycles. The molecule has 0 bridgehead atoms. The van der Waals surface area contributed by atoms with Gasteiger partial charge in [-0.2, -0.15) is 0 Å². The van der Waals surface area contributed by atoms with Gasteiger partial charge >= 0.3 is 5.97 Å². The summed E-state index contributed by atoms with van der Waals surface area (Å²) in [6.45, 7) is 16.5. The molecule has 0 unspecified atom stereocenters. The van der Waals surface area contributed by atoms with E-state index in [1.165, 1.54) is 57.8 Å². The normalized spacial score (nSPS) is 52.4. The first-order chi connectivity index (χ1) is 14.0. The highest BCUT2D eigenvalue weighted by Crippen LogP contribution is 2.89. The van der Waals surface area contributed by atoms with Gasteiger partial charge in [0.25, 0.3) is 0 Å². The fraction of sp³-hybridized carbons (Fsp3) is 0.893. The molecule has 5 rings (SSSR count). The first-order valence-corrected chi connectivity index (χ1v) is 12.8. The minimum Gasteiger partial charge on any atom is -0.462 e. The molecule has 5 saturated carbocycles. The van der Waals surface area contributed by atoms with Crippen molar-refractivity contribution in [3.05, 3.63) is 11.1 Å². The average Bonchev–Trinajstić information content (AvgIpc) is 3.26. The predicted molar refractivity (Wildman–Crippen MR) is 122 cm³/mol. The monoisotopic (exact) mass is 412 g/mol. The van der Waals surface area contributed by atoms with Crippen LogP contribution in [0.2, 0.25) is 0 Å². The van der Waals surface area contributed by atoms with Crippen molar-refractivity contribution >= 4 is 5.97 Å². The van der Waals surface area contributed by atoms with Crippen molar-refractivity contribution in [2.75, 3.05) is 0 Å². The predicted octanol–water partition coefficient (Wildman–Crippen LogP) is 7.47. The summed E-state index contributed by atoms with van der Waals surface area (Å²) in [5.41, 5.74) is 5.63. The molecule has 0 aliphatic heterocycles. The van der Waals surface area contributed by atoms with E-state index in [1.807, 2.05) is 5.57 Å². The number of allylic oxidation sites excluding steroid dienone is 2. The standard InChI is InChI=1S/C28H44O2/c1-8-18(2)20-11-13-26(7)22-10-9-21-24(4,5)23(30-19(3)29)12-14-27(21)17-28(22,27)16-15-25(20,26)6/h21-23H,8-17H2,1-7H3/b20-18+/t21-,22-,23-,25+,26-,27+,28-/m0/s1. The third kappa shape index (κ3) is 2.25. The molecule has 5 aliphatic rings. The van der Waals surface area contributed by atoms with Gasteiger partial charge in [-0.25, -0.2) is 0 Å². The van der Waals surface area contributed by atoms with Crippen LogP contribution in [0.1, 0.15) is 113 Å². The van der Waals surface area contributed by atoms with Crippen molar-refractivity contribution in [2.45, 2.75) is 119 Å². The second-order valence-electron chi connectivity index (χ2n) is 13.0. The van der Waals surface area contributed by atoms with Crippen LogP contribution in [0.25, 0.3) is 0 Å². The molecule has 2 spiro atoms. The summed E-state index contributed by atoms with van der Waals surface area (Å²) in [4.78, 5) is 11.8. The molecule has 0 amide bonds. The highest BCUT2D eigenvalue weighted by molar-refractivity contribution is 5.66. The smallest absolute Gasteiger partial charge is 0.302 e. The number of carbonyl (C=O) groups excluding carboxylic acids is 1. The number of hydrogen-bond acceptors (Lipinski definition) is 2. The molecule has 0 saturated heterocycles. The van der Waals surface area contributed by atoms with Crippen LogP contribution in [0.15, 0.2) is 11.1 Å². The van der Waals surface area contributed by atoms with Crippen molar-refractivity contribution in [3.8, 4) is 0 Å². The Bertz CT molecular complexity index is 807. The number of esters is 1. The van der Waals surface area contributed by atoms with E-state index in [1.54, 1.807) is 12.5 Å². The largest absolute Gasteiger partial charge is 0.462 e. The third-order valence-electron chi connectivity index (χ3n) is 12.2. The van der Waals surface area contributed by atoms with E-state index in [0.29, 0.717) is 21.7 Å². The number of hydrogen-bond donors (Lipinski definition) is 0. The summed E-state index contributed by atoms with van der Waals surface area (Å²) in [6, 6.07) is 0. The van der Waals surface area contributed by atoms with Gasteiger partial charge in [0, 0.05) is 12.3 Å². The van der Waals surface area contributed by atoms with Crippen LogP contribution in [0, 0.1) is 38.9 Å². The van der Waals surface area contributed by atoms with Crippen LogP contribution < -0.4 is 0 Å². The molecular formula is C28H44O2. The molecule has 2 heteroatoms. The molecule has 168 valence electrons. The zero-order valence-electron chi connectivity index (χ0n) is 20.6. The average molecular weight is 413 g/mol. The van der Waals surface area contributed by atoms with Crippen molar-refractivity contribution < 1.29 is 9.53 Å². The Morgan fingerprint density at radius 2 is 1.60 bits per heavy atom. The lowest BCUT2D eigenvalue weighted by Gasteiger charge is -2.62. The Labute approximate surface area is 184 Å². The van der Waals surface area contributed by atoms with E-state index in [9.17, 15) is 4.79 Å². The fourth-order valence-electron chi connectivity index (χ4n) is 10.4. The van der Waals surface area contributed by atoms with Gasteiger partial charge in [-0.3, -0.25) is 4.79 Å². The summed E-state index contributed by atoms with van der Waals surface area (Å²) < 4.78 is 5.87. The lowest BCUT2D eigenvalue weighted by atomic mass is 9.42. The van der Waals surface area contributed by atoms with Gasteiger partial charge in [-0.15, -0.1) is 0 Å². The number of ether oxygens (including phenoxy) is 1. The van der Waals surface area contributed by atoms with Gasteiger partial charge in [-0.05, 0) is 105 Å². The maximum Gasteiger partial charge on any atom is 0.302 e. The quantitative estimate of drug-likeness (QED) is 0.347. The van der Waals surface area contributed by atoms with E-state index in [0.717, 1.165) is 18.3 Å². The summed E-state index contributed by atoms with van der Waals surface area (Å²) in [5.74, 6) is 1.52. The third-order valence-corrected chi connectivity index (χ3v) is 12.2. The summed E-state index contributed by atoms with van der Waals surface area (Å²) in [5, 5.41) is 0. The van der Waals surface area contributed by atoms with Crippen molar-refractivity contribution in [3.63, 3.8) is 0 Å². The zero-order valence-corrected chi connectivity index (χ0v) is 20.6. The molecule has 7 atom stereocenters. The van der Waals surface area contributed by atoms with Crippen LogP contribution in [0.5, 0.6) is 0 Å². The lowest BCUT2D eigenvalue weighted by Crippen LogP contribution is -2.57. The molecule has 5 aliphatic carbocycles. The Morgan fingerprint density at radius 1 is 0.933 bits per heavy atom.